The van der Waals surface area contributed by atoms with Crippen LogP contribution in [-0.4, -0.2) is 67.5 Å². The lowest BCUT2D eigenvalue weighted by Gasteiger charge is -2.33. The van der Waals surface area contributed by atoms with E-state index < -0.39 is 0 Å². The fourth-order valence-electron chi connectivity index (χ4n) is 3.84. The Morgan fingerprint density at radius 1 is 1.07 bits per heavy atom. The molecule has 2 aliphatic heterocycles. The van der Waals surface area contributed by atoms with E-state index in [1.807, 2.05) is 35.2 Å². The first kappa shape index (κ1) is 19.8. The molecule has 6 heteroatoms. The van der Waals surface area contributed by atoms with Crippen LogP contribution >= 0.6 is 0 Å². The molecule has 0 aromatic heterocycles. The SMILES string of the molecule is O=C(CN1CCCC1)NCC1CCCN(C(=O)COCc2ccccc2)C1. The summed E-state index contributed by atoms with van der Waals surface area (Å²) in [6.07, 6.45) is 4.42. The van der Waals surface area contributed by atoms with E-state index in [4.69, 9.17) is 4.74 Å². The highest BCUT2D eigenvalue weighted by Gasteiger charge is 2.24. The van der Waals surface area contributed by atoms with Crippen molar-refractivity contribution in [1.29, 1.82) is 0 Å². The summed E-state index contributed by atoms with van der Waals surface area (Å²) in [5.74, 6) is 0.477. The molecule has 0 spiro atoms. The van der Waals surface area contributed by atoms with Crippen LogP contribution in [0.2, 0.25) is 0 Å². The number of carbonyl (C=O) groups is 2. The van der Waals surface area contributed by atoms with Crippen molar-refractivity contribution in [3.05, 3.63) is 35.9 Å². The Morgan fingerprint density at radius 2 is 1.85 bits per heavy atom. The normalized spacial score (nSPS) is 20.6. The molecule has 1 N–H and O–H groups in total. The smallest absolute Gasteiger partial charge is 0.248 e. The highest BCUT2D eigenvalue weighted by atomic mass is 16.5. The minimum absolute atomic E-state index is 0.0408. The Labute approximate surface area is 161 Å². The molecule has 2 heterocycles. The van der Waals surface area contributed by atoms with Crippen LogP contribution in [0.15, 0.2) is 30.3 Å². The summed E-state index contributed by atoms with van der Waals surface area (Å²) >= 11 is 0. The Kier molecular flexibility index (Phi) is 7.66. The highest BCUT2D eigenvalue weighted by molar-refractivity contribution is 5.78. The molecule has 1 unspecified atom stereocenters. The van der Waals surface area contributed by atoms with Crippen molar-refractivity contribution in [1.82, 2.24) is 15.1 Å². The molecule has 0 radical (unpaired) electrons. The largest absolute Gasteiger partial charge is 0.367 e. The first-order valence-electron chi connectivity index (χ1n) is 10.1. The van der Waals surface area contributed by atoms with Gasteiger partial charge in [-0.1, -0.05) is 30.3 Å². The maximum Gasteiger partial charge on any atom is 0.248 e. The van der Waals surface area contributed by atoms with E-state index >= 15 is 0 Å². The van der Waals surface area contributed by atoms with E-state index in [0.29, 0.717) is 32.2 Å². The highest BCUT2D eigenvalue weighted by Crippen LogP contribution is 2.16. The molecule has 148 valence electrons. The number of likely N-dealkylation sites (tertiary alicyclic amines) is 2. The Hall–Kier alpha value is -1.92. The van der Waals surface area contributed by atoms with Gasteiger partial charge in [0.1, 0.15) is 6.61 Å². The van der Waals surface area contributed by atoms with Gasteiger partial charge in [0.2, 0.25) is 11.8 Å². The number of nitrogens with zero attached hydrogens (tertiary/aromatic N) is 2. The van der Waals surface area contributed by atoms with Crippen molar-refractivity contribution in [2.75, 3.05) is 45.9 Å². The summed E-state index contributed by atoms with van der Waals surface area (Å²) in [4.78, 5) is 28.6. The van der Waals surface area contributed by atoms with Gasteiger partial charge in [-0.25, -0.2) is 0 Å². The maximum absolute atomic E-state index is 12.4. The fourth-order valence-corrected chi connectivity index (χ4v) is 3.84. The fraction of sp³-hybridized carbons (Fsp3) is 0.619. The van der Waals surface area contributed by atoms with Gasteiger partial charge in [-0.05, 0) is 50.3 Å². The van der Waals surface area contributed by atoms with Crippen LogP contribution in [0.3, 0.4) is 0 Å². The van der Waals surface area contributed by atoms with Gasteiger partial charge >= 0.3 is 0 Å². The van der Waals surface area contributed by atoms with Gasteiger partial charge in [-0.15, -0.1) is 0 Å². The summed E-state index contributed by atoms with van der Waals surface area (Å²) in [6.45, 7) is 5.27. The Morgan fingerprint density at radius 3 is 2.63 bits per heavy atom. The number of piperidine rings is 1. The van der Waals surface area contributed by atoms with Crippen molar-refractivity contribution in [3.63, 3.8) is 0 Å². The second kappa shape index (κ2) is 10.4. The van der Waals surface area contributed by atoms with E-state index in [-0.39, 0.29) is 18.4 Å². The van der Waals surface area contributed by atoms with Gasteiger partial charge in [0, 0.05) is 19.6 Å². The molecule has 27 heavy (non-hydrogen) atoms. The van der Waals surface area contributed by atoms with Gasteiger partial charge in [-0.3, -0.25) is 14.5 Å². The van der Waals surface area contributed by atoms with Crippen LogP contribution in [0.5, 0.6) is 0 Å². The number of nitrogens with one attached hydrogen (secondary N) is 1. The number of hydrogen-bond donors (Lipinski definition) is 1. The number of ether oxygens (including phenoxy) is 1. The van der Waals surface area contributed by atoms with E-state index in [1.54, 1.807) is 0 Å². The van der Waals surface area contributed by atoms with Crippen molar-refractivity contribution in [2.45, 2.75) is 32.3 Å². The molecule has 2 amide bonds. The van der Waals surface area contributed by atoms with Crippen LogP contribution < -0.4 is 5.32 Å². The summed E-state index contributed by atoms with van der Waals surface area (Å²) in [5, 5.41) is 3.05. The molecule has 0 saturated carbocycles. The topological polar surface area (TPSA) is 61.9 Å². The molecule has 1 aromatic carbocycles. The van der Waals surface area contributed by atoms with Crippen molar-refractivity contribution < 1.29 is 14.3 Å². The predicted molar refractivity (Wildman–Crippen MR) is 104 cm³/mol. The van der Waals surface area contributed by atoms with Gasteiger partial charge < -0.3 is 15.0 Å². The van der Waals surface area contributed by atoms with Gasteiger partial charge in [-0.2, -0.15) is 0 Å². The third-order valence-corrected chi connectivity index (χ3v) is 5.36. The van der Waals surface area contributed by atoms with Crippen LogP contribution in [0, 0.1) is 5.92 Å². The van der Waals surface area contributed by atoms with Crippen LogP contribution in [0.25, 0.3) is 0 Å². The van der Waals surface area contributed by atoms with Crippen LogP contribution in [0.4, 0.5) is 0 Å². The zero-order valence-electron chi connectivity index (χ0n) is 16.1. The quantitative estimate of drug-likeness (QED) is 0.753. The molecule has 1 atom stereocenters. The third-order valence-electron chi connectivity index (χ3n) is 5.36. The van der Waals surface area contributed by atoms with E-state index in [1.165, 1.54) is 12.8 Å². The zero-order valence-corrected chi connectivity index (χ0v) is 16.1. The Balaban J connectivity index is 1.34. The standard InChI is InChI=1S/C21H31N3O3/c25-20(15-23-10-4-5-11-23)22-13-19-9-6-12-24(14-19)21(26)17-27-16-18-7-2-1-3-8-18/h1-3,7-8,19H,4-6,9-17H2,(H,22,25). The van der Waals surface area contributed by atoms with Crippen molar-refractivity contribution in [2.24, 2.45) is 5.92 Å². The van der Waals surface area contributed by atoms with E-state index in [9.17, 15) is 9.59 Å². The lowest BCUT2D eigenvalue weighted by atomic mass is 9.98. The third kappa shape index (κ3) is 6.63. The zero-order chi connectivity index (χ0) is 18.9. The summed E-state index contributed by atoms with van der Waals surface area (Å²) < 4.78 is 5.58. The van der Waals surface area contributed by atoms with Gasteiger partial charge in [0.05, 0.1) is 13.2 Å². The average molecular weight is 373 g/mol. The lowest BCUT2D eigenvalue weighted by Crippen LogP contribution is -2.46. The predicted octanol–water partition coefficient (Wildman–Crippen LogP) is 1.65. The summed E-state index contributed by atoms with van der Waals surface area (Å²) in [5.41, 5.74) is 1.07. The molecule has 2 aliphatic rings. The second-order valence-corrected chi connectivity index (χ2v) is 7.61. The molecule has 2 fully saturated rings. The molecule has 0 bridgehead atoms. The number of hydrogen-bond acceptors (Lipinski definition) is 4. The number of carbonyl (C=O) groups excluding carboxylic acids is 2. The average Bonchev–Trinajstić information content (AvgIpc) is 3.20. The first-order valence-corrected chi connectivity index (χ1v) is 10.1. The lowest BCUT2D eigenvalue weighted by molar-refractivity contribution is -0.138. The van der Waals surface area contributed by atoms with Crippen molar-refractivity contribution >= 4 is 11.8 Å². The number of rotatable bonds is 8. The second-order valence-electron chi connectivity index (χ2n) is 7.61. The molecule has 0 aliphatic carbocycles. The molecule has 6 nitrogen and oxygen atoms in total. The molecule has 3 rings (SSSR count). The number of amides is 2. The summed E-state index contributed by atoms with van der Waals surface area (Å²) in [6, 6.07) is 9.88. The Bertz CT molecular complexity index is 602. The molecular weight excluding hydrogens is 342 g/mol. The van der Waals surface area contributed by atoms with Gasteiger partial charge in [0.25, 0.3) is 0 Å². The first-order chi connectivity index (χ1) is 13.2. The molecular formula is C21H31N3O3. The minimum atomic E-state index is 0.0408. The van der Waals surface area contributed by atoms with Crippen molar-refractivity contribution in [3.8, 4) is 0 Å². The van der Waals surface area contributed by atoms with Crippen LogP contribution in [-0.2, 0) is 20.9 Å². The monoisotopic (exact) mass is 373 g/mol. The van der Waals surface area contributed by atoms with E-state index in [2.05, 4.69) is 10.2 Å². The molecule has 1 aromatic rings. The van der Waals surface area contributed by atoms with E-state index in [0.717, 1.165) is 38.0 Å². The number of benzene rings is 1. The van der Waals surface area contributed by atoms with Crippen LogP contribution in [0.1, 0.15) is 31.2 Å². The molecule has 2 saturated heterocycles. The minimum Gasteiger partial charge on any atom is -0.367 e. The maximum atomic E-state index is 12.4. The summed E-state index contributed by atoms with van der Waals surface area (Å²) in [7, 11) is 0. The van der Waals surface area contributed by atoms with Gasteiger partial charge in [0.15, 0.2) is 0 Å².